The van der Waals surface area contributed by atoms with Gasteiger partial charge in [-0.2, -0.15) is 0 Å². The van der Waals surface area contributed by atoms with E-state index in [1.165, 1.54) is 24.8 Å². The summed E-state index contributed by atoms with van der Waals surface area (Å²) in [5, 5.41) is 9.05. The van der Waals surface area contributed by atoms with Crippen molar-refractivity contribution in [2.24, 2.45) is 0 Å². The summed E-state index contributed by atoms with van der Waals surface area (Å²) in [5.74, 6) is 0. The molecular weight excluding hydrogens is 248 g/mol. The molecule has 1 aliphatic rings. The Bertz CT molecular complexity index is 369. The number of hydrogen-bond donors (Lipinski definition) is 1. The fraction of sp³-hybridized carbons (Fsp3) is 0.588. The Labute approximate surface area is 123 Å². The van der Waals surface area contributed by atoms with Crippen molar-refractivity contribution in [3.63, 3.8) is 0 Å². The predicted octanol–water partition coefficient (Wildman–Crippen LogP) is 2.65. The van der Waals surface area contributed by atoms with Crippen LogP contribution in [0.25, 0.3) is 0 Å². The first-order valence-electron chi connectivity index (χ1n) is 7.80. The standard InChI is InChI=1S/C17H27N2O/c1-2-3-4-9-18-10-12-19(13-11-18)14-16-5-7-17(15-20)8-6-16/h5-9,20H,2-4,10-15H2,1H3. The first kappa shape index (κ1) is 15.5. The van der Waals surface area contributed by atoms with Crippen molar-refractivity contribution < 1.29 is 5.11 Å². The Balaban J connectivity index is 1.70. The molecule has 0 spiro atoms. The molecule has 1 aromatic rings. The van der Waals surface area contributed by atoms with Crippen molar-refractivity contribution in [2.45, 2.75) is 39.3 Å². The number of unbranched alkanes of at least 4 members (excludes halogenated alkanes) is 2. The fourth-order valence-corrected chi connectivity index (χ4v) is 2.59. The molecule has 0 atom stereocenters. The first-order valence-corrected chi connectivity index (χ1v) is 7.80. The molecule has 111 valence electrons. The summed E-state index contributed by atoms with van der Waals surface area (Å²) >= 11 is 0. The van der Waals surface area contributed by atoms with Crippen LogP contribution in [0, 0.1) is 6.54 Å². The third-order valence-electron chi connectivity index (χ3n) is 3.96. The monoisotopic (exact) mass is 275 g/mol. The maximum Gasteiger partial charge on any atom is 0.0681 e. The predicted molar refractivity (Wildman–Crippen MR) is 83.0 cm³/mol. The van der Waals surface area contributed by atoms with E-state index in [0.717, 1.165) is 38.3 Å². The highest BCUT2D eigenvalue weighted by Crippen LogP contribution is 2.12. The van der Waals surface area contributed by atoms with Crippen LogP contribution in [0.2, 0.25) is 0 Å². The Morgan fingerprint density at radius 2 is 1.70 bits per heavy atom. The third-order valence-corrected chi connectivity index (χ3v) is 3.96. The number of piperazine rings is 1. The van der Waals surface area contributed by atoms with Gasteiger partial charge in [0.25, 0.3) is 0 Å². The van der Waals surface area contributed by atoms with E-state index in [2.05, 4.69) is 35.4 Å². The Hall–Kier alpha value is -0.900. The van der Waals surface area contributed by atoms with Gasteiger partial charge in [-0.25, -0.2) is 0 Å². The highest BCUT2D eigenvalue weighted by atomic mass is 16.3. The maximum absolute atomic E-state index is 9.05. The molecule has 0 aliphatic carbocycles. The zero-order chi connectivity index (χ0) is 14.2. The highest BCUT2D eigenvalue weighted by molar-refractivity contribution is 5.21. The number of rotatable bonds is 7. The molecule has 20 heavy (non-hydrogen) atoms. The van der Waals surface area contributed by atoms with Gasteiger partial charge in [-0.05, 0) is 17.5 Å². The molecule has 1 radical (unpaired) electrons. The summed E-state index contributed by atoms with van der Waals surface area (Å²) in [7, 11) is 0. The lowest BCUT2D eigenvalue weighted by Crippen LogP contribution is -2.44. The summed E-state index contributed by atoms with van der Waals surface area (Å²) in [5.41, 5.74) is 2.33. The quantitative estimate of drug-likeness (QED) is 0.775. The number of aliphatic hydroxyl groups excluding tert-OH is 1. The van der Waals surface area contributed by atoms with E-state index in [9.17, 15) is 0 Å². The lowest BCUT2D eigenvalue weighted by Gasteiger charge is -2.34. The molecule has 1 N–H and O–H groups in total. The Morgan fingerprint density at radius 1 is 1.05 bits per heavy atom. The third kappa shape index (κ3) is 4.89. The number of aliphatic hydroxyl groups is 1. The normalized spacial score (nSPS) is 17.5. The molecule has 0 unspecified atom stereocenters. The second-order valence-corrected chi connectivity index (χ2v) is 5.61. The van der Waals surface area contributed by atoms with E-state index < -0.39 is 0 Å². The van der Waals surface area contributed by atoms with Gasteiger partial charge in [-0.3, -0.25) is 9.80 Å². The summed E-state index contributed by atoms with van der Waals surface area (Å²) in [6.45, 7) is 10.4. The second-order valence-electron chi connectivity index (χ2n) is 5.61. The van der Waals surface area contributed by atoms with E-state index in [0.29, 0.717) is 0 Å². The van der Waals surface area contributed by atoms with Crippen molar-refractivity contribution in [1.29, 1.82) is 0 Å². The molecule has 0 bridgehead atoms. The lowest BCUT2D eigenvalue weighted by atomic mass is 10.1. The fourth-order valence-electron chi connectivity index (χ4n) is 2.59. The van der Waals surface area contributed by atoms with E-state index in [4.69, 9.17) is 5.11 Å². The molecule has 1 aromatic carbocycles. The van der Waals surface area contributed by atoms with Gasteiger partial charge in [0.1, 0.15) is 0 Å². The molecule has 0 saturated carbocycles. The molecule has 1 fully saturated rings. The molecule has 1 heterocycles. The number of hydrogen-bond acceptors (Lipinski definition) is 3. The largest absolute Gasteiger partial charge is 0.392 e. The van der Waals surface area contributed by atoms with Crippen LogP contribution in [0.1, 0.15) is 37.3 Å². The van der Waals surface area contributed by atoms with Gasteiger partial charge in [0, 0.05) is 39.3 Å². The molecule has 2 rings (SSSR count). The lowest BCUT2D eigenvalue weighted by molar-refractivity contribution is 0.146. The topological polar surface area (TPSA) is 26.7 Å². The molecular formula is C17H27N2O. The van der Waals surface area contributed by atoms with Crippen molar-refractivity contribution in [1.82, 2.24) is 9.80 Å². The van der Waals surface area contributed by atoms with Gasteiger partial charge >= 0.3 is 0 Å². The van der Waals surface area contributed by atoms with Crippen LogP contribution in [-0.4, -0.2) is 41.1 Å². The van der Waals surface area contributed by atoms with Crippen LogP contribution in [0.3, 0.4) is 0 Å². The van der Waals surface area contributed by atoms with Gasteiger partial charge in [0.2, 0.25) is 0 Å². The number of nitrogens with zero attached hydrogens (tertiary/aromatic N) is 2. The molecule has 3 nitrogen and oxygen atoms in total. The first-order chi connectivity index (χ1) is 9.81. The van der Waals surface area contributed by atoms with E-state index in [1.807, 2.05) is 12.1 Å². The van der Waals surface area contributed by atoms with Crippen LogP contribution in [-0.2, 0) is 13.2 Å². The summed E-state index contributed by atoms with van der Waals surface area (Å²) in [4.78, 5) is 4.99. The zero-order valence-corrected chi connectivity index (χ0v) is 12.6. The minimum absolute atomic E-state index is 0.131. The molecule has 1 saturated heterocycles. The number of benzene rings is 1. The van der Waals surface area contributed by atoms with Gasteiger partial charge < -0.3 is 5.11 Å². The summed E-state index contributed by atoms with van der Waals surface area (Å²) < 4.78 is 0. The van der Waals surface area contributed by atoms with E-state index >= 15 is 0 Å². The molecule has 1 aliphatic heterocycles. The minimum Gasteiger partial charge on any atom is -0.392 e. The van der Waals surface area contributed by atoms with E-state index in [1.54, 1.807) is 0 Å². The summed E-state index contributed by atoms with van der Waals surface area (Å²) in [6.07, 6.45) is 3.80. The average molecular weight is 275 g/mol. The van der Waals surface area contributed by atoms with Crippen molar-refractivity contribution in [2.75, 3.05) is 26.2 Å². The van der Waals surface area contributed by atoms with Gasteiger partial charge in [0.15, 0.2) is 0 Å². The molecule has 0 aromatic heterocycles. The minimum atomic E-state index is 0.131. The van der Waals surface area contributed by atoms with Crippen molar-refractivity contribution in [3.05, 3.63) is 41.9 Å². The van der Waals surface area contributed by atoms with E-state index in [-0.39, 0.29) is 6.61 Å². The van der Waals surface area contributed by atoms with Gasteiger partial charge in [-0.15, -0.1) is 0 Å². The van der Waals surface area contributed by atoms with Crippen LogP contribution in [0.15, 0.2) is 24.3 Å². The van der Waals surface area contributed by atoms with Gasteiger partial charge in [-0.1, -0.05) is 44.0 Å². The highest BCUT2D eigenvalue weighted by Gasteiger charge is 2.16. The Morgan fingerprint density at radius 3 is 2.30 bits per heavy atom. The van der Waals surface area contributed by atoms with Crippen molar-refractivity contribution >= 4 is 0 Å². The molecule has 0 amide bonds. The van der Waals surface area contributed by atoms with Crippen molar-refractivity contribution in [3.8, 4) is 0 Å². The van der Waals surface area contributed by atoms with Crippen LogP contribution in [0.5, 0.6) is 0 Å². The average Bonchev–Trinajstić information content (AvgIpc) is 2.50. The van der Waals surface area contributed by atoms with Crippen LogP contribution < -0.4 is 0 Å². The smallest absolute Gasteiger partial charge is 0.0681 e. The molecule has 3 heteroatoms. The van der Waals surface area contributed by atoms with Crippen LogP contribution in [0.4, 0.5) is 0 Å². The Kier molecular flexibility index (Phi) is 6.51. The summed E-state index contributed by atoms with van der Waals surface area (Å²) in [6, 6.07) is 8.30. The zero-order valence-electron chi connectivity index (χ0n) is 12.6. The van der Waals surface area contributed by atoms with Crippen LogP contribution >= 0.6 is 0 Å². The maximum atomic E-state index is 9.05. The SMILES string of the molecule is CCCC[CH]N1CCN(Cc2ccc(CO)cc2)CC1. The van der Waals surface area contributed by atoms with Gasteiger partial charge in [0.05, 0.1) is 6.61 Å². The second kappa shape index (κ2) is 8.40.